The van der Waals surface area contributed by atoms with E-state index >= 15 is 0 Å². The number of aryl methyl sites for hydroxylation is 2. The van der Waals surface area contributed by atoms with Crippen molar-refractivity contribution >= 4 is 17.4 Å². The Labute approximate surface area is 166 Å². The van der Waals surface area contributed by atoms with Crippen molar-refractivity contribution in [3.05, 3.63) is 57.7 Å². The lowest BCUT2D eigenvalue weighted by Gasteiger charge is -2.16. The monoisotopic (exact) mass is 402 g/mol. The number of nitro groups is 1. The zero-order valence-electron chi connectivity index (χ0n) is 16.2. The first kappa shape index (κ1) is 19.9. The molecule has 0 aliphatic carbocycles. The van der Waals surface area contributed by atoms with Crippen molar-refractivity contribution in [1.82, 2.24) is 24.5 Å². The lowest BCUT2D eigenvalue weighted by molar-refractivity contribution is -0.385. The summed E-state index contributed by atoms with van der Waals surface area (Å²) in [5.74, 6) is 1.93. The van der Waals surface area contributed by atoms with E-state index in [1.165, 1.54) is 28.8 Å². The SMILES string of the molecule is CCn1c(SCn2cc([N+](=O)[O-])cn2)nnc1C(C)Oc1cc(C)cc(C)c1. The Bertz CT molecular complexity index is 963. The highest BCUT2D eigenvalue weighted by Crippen LogP contribution is 2.26. The number of ether oxygens (including phenoxy) is 1. The molecule has 28 heavy (non-hydrogen) atoms. The predicted octanol–water partition coefficient (Wildman–Crippen LogP) is 3.91. The summed E-state index contributed by atoms with van der Waals surface area (Å²) in [5, 5.41) is 24.0. The van der Waals surface area contributed by atoms with Crippen LogP contribution in [0.1, 0.15) is 36.9 Å². The number of thioether (sulfide) groups is 1. The highest BCUT2D eigenvalue weighted by Gasteiger charge is 2.19. The van der Waals surface area contributed by atoms with Crippen LogP contribution in [0.15, 0.2) is 35.7 Å². The zero-order valence-corrected chi connectivity index (χ0v) is 17.0. The molecule has 0 saturated heterocycles. The van der Waals surface area contributed by atoms with Crippen LogP contribution in [-0.4, -0.2) is 29.5 Å². The molecule has 1 aromatic carbocycles. The molecule has 0 amide bonds. The fourth-order valence-corrected chi connectivity index (χ4v) is 3.77. The molecule has 0 fully saturated rings. The molecule has 0 aliphatic heterocycles. The summed E-state index contributed by atoms with van der Waals surface area (Å²) in [6, 6.07) is 6.09. The first-order chi connectivity index (χ1) is 13.4. The molecule has 0 bridgehead atoms. The topological polar surface area (TPSA) is 101 Å². The van der Waals surface area contributed by atoms with Gasteiger partial charge in [0.25, 0.3) is 0 Å². The van der Waals surface area contributed by atoms with Crippen molar-refractivity contribution in [2.24, 2.45) is 0 Å². The van der Waals surface area contributed by atoms with Gasteiger partial charge in [-0.3, -0.25) is 14.8 Å². The summed E-state index contributed by atoms with van der Waals surface area (Å²) < 4.78 is 9.57. The molecular weight excluding hydrogens is 380 g/mol. The average Bonchev–Trinajstić information content (AvgIpc) is 3.25. The van der Waals surface area contributed by atoms with Crippen LogP contribution in [0.2, 0.25) is 0 Å². The fraction of sp³-hybridized carbons (Fsp3) is 0.389. The molecule has 0 aliphatic rings. The van der Waals surface area contributed by atoms with Gasteiger partial charge in [0, 0.05) is 6.54 Å². The quantitative estimate of drug-likeness (QED) is 0.320. The predicted molar refractivity (Wildman–Crippen MR) is 105 cm³/mol. The summed E-state index contributed by atoms with van der Waals surface area (Å²) in [7, 11) is 0. The lowest BCUT2D eigenvalue weighted by atomic mass is 10.1. The molecule has 10 heteroatoms. The number of hydrogen-bond donors (Lipinski definition) is 0. The normalized spacial score (nSPS) is 12.1. The van der Waals surface area contributed by atoms with Crippen LogP contribution in [-0.2, 0) is 12.4 Å². The number of aromatic nitrogens is 5. The average molecular weight is 402 g/mol. The second kappa shape index (κ2) is 8.42. The van der Waals surface area contributed by atoms with Crippen molar-refractivity contribution in [2.75, 3.05) is 0 Å². The maximum absolute atomic E-state index is 10.8. The fourth-order valence-electron chi connectivity index (χ4n) is 2.90. The Balaban J connectivity index is 1.72. The van der Waals surface area contributed by atoms with Crippen LogP contribution >= 0.6 is 11.8 Å². The molecule has 2 heterocycles. The van der Waals surface area contributed by atoms with Gasteiger partial charge < -0.3 is 9.30 Å². The van der Waals surface area contributed by atoms with Gasteiger partial charge in [-0.15, -0.1) is 10.2 Å². The van der Waals surface area contributed by atoms with Crippen LogP contribution < -0.4 is 4.74 Å². The van der Waals surface area contributed by atoms with Gasteiger partial charge in [0.15, 0.2) is 17.1 Å². The summed E-state index contributed by atoms with van der Waals surface area (Å²) in [5.41, 5.74) is 2.25. The third kappa shape index (κ3) is 4.50. The van der Waals surface area contributed by atoms with Gasteiger partial charge in [0.2, 0.25) is 0 Å². The molecule has 0 radical (unpaired) electrons. The van der Waals surface area contributed by atoms with Gasteiger partial charge >= 0.3 is 5.69 Å². The molecule has 1 unspecified atom stereocenters. The van der Waals surface area contributed by atoms with Crippen LogP contribution in [0.25, 0.3) is 0 Å². The third-order valence-corrected chi connectivity index (χ3v) is 5.04. The minimum Gasteiger partial charge on any atom is -0.483 e. The largest absolute Gasteiger partial charge is 0.483 e. The van der Waals surface area contributed by atoms with Gasteiger partial charge in [0.1, 0.15) is 18.1 Å². The van der Waals surface area contributed by atoms with Gasteiger partial charge in [-0.1, -0.05) is 17.8 Å². The van der Waals surface area contributed by atoms with E-state index in [0.29, 0.717) is 17.6 Å². The van der Waals surface area contributed by atoms with E-state index in [2.05, 4.69) is 21.4 Å². The standard InChI is InChI=1S/C18H22N6O3S/c1-5-23-17(14(4)27-16-7-12(2)6-13(3)8-16)20-21-18(23)28-11-22-10-15(9-19-22)24(25)26/h6-10,14H,5,11H2,1-4H3. The van der Waals surface area contributed by atoms with Crippen molar-refractivity contribution in [2.45, 2.75) is 51.4 Å². The molecule has 3 rings (SSSR count). The minimum absolute atomic E-state index is 0.0336. The van der Waals surface area contributed by atoms with Crippen LogP contribution in [0, 0.1) is 24.0 Å². The Kier molecular flexibility index (Phi) is 5.98. The van der Waals surface area contributed by atoms with E-state index in [1.807, 2.05) is 44.4 Å². The van der Waals surface area contributed by atoms with Gasteiger partial charge in [-0.05, 0) is 51.0 Å². The van der Waals surface area contributed by atoms with E-state index in [-0.39, 0.29) is 11.8 Å². The molecule has 3 aromatic rings. The highest BCUT2D eigenvalue weighted by atomic mass is 32.2. The van der Waals surface area contributed by atoms with E-state index in [0.717, 1.165) is 22.7 Å². The number of hydrogen-bond acceptors (Lipinski definition) is 7. The van der Waals surface area contributed by atoms with Crippen molar-refractivity contribution in [1.29, 1.82) is 0 Å². The molecular formula is C18H22N6O3S. The molecule has 148 valence electrons. The maximum Gasteiger partial charge on any atom is 0.307 e. The summed E-state index contributed by atoms with van der Waals surface area (Å²) in [6.45, 7) is 8.71. The van der Waals surface area contributed by atoms with Crippen LogP contribution in [0.5, 0.6) is 5.75 Å². The zero-order chi connectivity index (χ0) is 20.3. The summed E-state index contributed by atoms with van der Waals surface area (Å²) in [4.78, 5) is 10.3. The number of benzene rings is 1. The Morgan fingerprint density at radius 1 is 1.25 bits per heavy atom. The minimum atomic E-state index is -0.465. The second-order valence-electron chi connectivity index (χ2n) is 6.44. The lowest BCUT2D eigenvalue weighted by Crippen LogP contribution is -2.12. The molecule has 1 atom stereocenters. The van der Waals surface area contributed by atoms with E-state index in [9.17, 15) is 10.1 Å². The molecule has 0 spiro atoms. The maximum atomic E-state index is 10.8. The van der Waals surface area contributed by atoms with E-state index in [4.69, 9.17) is 4.74 Å². The summed E-state index contributed by atoms with van der Waals surface area (Å²) in [6.07, 6.45) is 2.36. The Morgan fingerprint density at radius 2 is 1.96 bits per heavy atom. The number of nitrogens with zero attached hydrogens (tertiary/aromatic N) is 6. The van der Waals surface area contributed by atoms with Crippen molar-refractivity contribution in [3.63, 3.8) is 0 Å². The summed E-state index contributed by atoms with van der Waals surface area (Å²) >= 11 is 1.41. The smallest absolute Gasteiger partial charge is 0.307 e. The van der Waals surface area contributed by atoms with Crippen molar-refractivity contribution < 1.29 is 9.66 Å². The van der Waals surface area contributed by atoms with Gasteiger partial charge in [-0.2, -0.15) is 5.10 Å². The Morgan fingerprint density at radius 3 is 2.57 bits per heavy atom. The van der Waals surface area contributed by atoms with Crippen molar-refractivity contribution in [3.8, 4) is 5.75 Å². The van der Waals surface area contributed by atoms with Crippen LogP contribution in [0.4, 0.5) is 5.69 Å². The first-order valence-electron chi connectivity index (χ1n) is 8.85. The highest BCUT2D eigenvalue weighted by molar-refractivity contribution is 7.98. The van der Waals surface area contributed by atoms with Crippen LogP contribution in [0.3, 0.4) is 0 Å². The molecule has 0 saturated carbocycles. The Hall–Kier alpha value is -2.88. The van der Waals surface area contributed by atoms with E-state index in [1.54, 1.807) is 0 Å². The van der Waals surface area contributed by atoms with Gasteiger partial charge in [0.05, 0.1) is 10.8 Å². The second-order valence-corrected chi connectivity index (χ2v) is 7.35. The first-order valence-corrected chi connectivity index (χ1v) is 9.83. The molecule has 2 aromatic heterocycles. The van der Waals surface area contributed by atoms with E-state index < -0.39 is 4.92 Å². The third-order valence-electron chi connectivity index (χ3n) is 4.09. The molecule has 0 N–H and O–H groups in total. The molecule has 9 nitrogen and oxygen atoms in total. The van der Waals surface area contributed by atoms with Gasteiger partial charge in [-0.25, -0.2) is 0 Å². The number of rotatable bonds is 8.